The highest BCUT2D eigenvalue weighted by molar-refractivity contribution is 7.99. The second-order valence-electron chi connectivity index (χ2n) is 6.78. The van der Waals surface area contributed by atoms with E-state index in [0.29, 0.717) is 36.1 Å². The van der Waals surface area contributed by atoms with Crippen LogP contribution >= 0.6 is 11.8 Å². The maximum absolute atomic E-state index is 12.1. The second kappa shape index (κ2) is 9.60. The third-order valence-corrected chi connectivity index (χ3v) is 5.70. The molecule has 0 spiro atoms. The number of hydrogen-bond donors (Lipinski definition) is 1. The Morgan fingerprint density at radius 2 is 2.17 bits per heavy atom. The van der Waals surface area contributed by atoms with Gasteiger partial charge in [0.25, 0.3) is 5.91 Å². The summed E-state index contributed by atoms with van der Waals surface area (Å²) in [6.45, 7) is 2.15. The van der Waals surface area contributed by atoms with Gasteiger partial charge in [-0.15, -0.1) is 10.2 Å². The maximum Gasteiger partial charge on any atom is 0.316 e. The van der Waals surface area contributed by atoms with Crippen LogP contribution < -0.4 is 5.32 Å². The Balaban J connectivity index is 1.48. The number of rotatable bonds is 8. The number of thioether (sulfide) groups is 1. The standard InChI is InChI=1S/C19H23N5O4S/c1-2-24-17(14-7-6-10-27-14)22-23-18(24)29-12-16(26)28-11-15(25)21-19(13-20)8-4-3-5-9-19/h6-7,10H,2-5,8-9,11-12H2,1H3,(H,21,25). The van der Waals surface area contributed by atoms with Crippen molar-refractivity contribution in [2.45, 2.75) is 56.3 Å². The summed E-state index contributed by atoms with van der Waals surface area (Å²) in [4.78, 5) is 24.1. The van der Waals surface area contributed by atoms with Gasteiger partial charge in [-0.2, -0.15) is 5.26 Å². The Labute approximate surface area is 172 Å². The first kappa shape index (κ1) is 20.9. The van der Waals surface area contributed by atoms with Crippen molar-refractivity contribution >= 4 is 23.6 Å². The van der Waals surface area contributed by atoms with Gasteiger partial charge < -0.3 is 14.5 Å². The molecule has 2 aromatic heterocycles. The minimum absolute atomic E-state index is 0.00698. The van der Waals surface area contributed by atoms with Gasteiger partial charge in [0.2, 0.25) is 0 Å². The minimum atomic E-state index is -0.837. The number of nitriles is 1. The van der Waals surface area contributed by atoms with Crippen molar-refractivity contribution in [2.75, 3.05) is 12.4 Å². The van der Waals surface area contributed by atoms with Gasteiger partial charge in [-0.1, -0.05) is 31.0 Å². The number of ether oxygens (including phenoxy) is 1. The zero-order valence-corrected chi connectivity index (χ0v) is 17.0. The van der Waals surface area contributed by atoms with Crippen molar-refractivity contribution in [3.05, 3.63) is 18.4 Å². The summed E-state index contributed by atoms with van der Waals surface area (Å²) in [6.07, 6.45) is 5.69. The summed E-state index contributed by atoms with van der Waals surface area (Å²) in [6, 6.07) is 5.76. The van der Waals surface area contributed by atoms with Crippen LogP contribution in [0.15, 0.2) is 28.0 Å². The molecule has 0 aromatic carbocycles. The fraction of sp³-hybridized carbons (Fsp3) is 0.526. The first-order valence-electron chi connectivity index (χ1n) is 9.54. The number of nitrogens with zero attached hydrogens (tertiary/aromatic N) is 4. The molecule has 2 aromatic rings. The Hall–Kier alpha value is -2.80. The third-order valence-electron chi connectivity index (χ3n) is 4.76. The normalized spacial score (nSPS) is 15.4. The van der Waals surface area contributed by atoms with E-state index >= 15 is 0 Å². The van der Waals surface area contributed by atoms with Gasteiger partial charge in [-0.3, -0.25) is 14.2 Å². The Morgan fingerprint density at radius 1 is 1.38 bits per heavy atom. The molecule has 1 aliphatic carbocycles. The zero-order chi connectivity index (χ0) is 20.7. The van der Waals surface area contributed by atoms with Gasteiger partial charge in [0, 0.05) is 6.54 Å². The van der Waals surface area contributed by atoms with Crippen molar-refractivity contribution in [1.29, 1.82) is 5.26 Å². The number of nitrogens with one attached hydrogen (secondary N) is 1. The molecule has 154 valence electrons. The number of hydrogen-bond acceptors (Lipinski definition) is 8. The van der Waals surface area contributed by atoms with Crippen LogP contribution in [0, 0.1) is 11.3 Å². The van der Waals surface area contributed by atoms with Crippen LogP contribution in [0.1, 0.15) is 39.0 Å². The van der Waals surface area contributed by atoms with E-state index in [0.717, 1.165) is 19.3 Å². The highest BCUT2D eigenvalue weighted by atomic mass is 32.2. The second-order valence-corrected chi connectivity index (χ2v) is 7.72. The largest absolute Gasteiger partial charge is 0.461 e. The van der Waals surface area contributed by atoms with Crippen LogP contribution in [0.25, 0.3) is 11.6 Å². The zero-order valence-electron chi connectivity index (χ0n) is 16.2. The average molecular weight is 417 g/mol. The van der Waals surface area contributed by atoms with Gasteiger partial charge in [0.05, 0.1) is 18.1 Å². The fourth-order valence-corrected chi connectivity index (χ4v) is 4.10. The molecule has 1 amide bonds. The highest BCUT2D eigenvalue weighted by Crippen LogP contribution is 2.27. The lowest BCUT2D eigenvalue weighted by Crippen LogP contribution is -2.50. The van der Waals surface area contributed by atoms with Gasteiger partial charge >= 0.3 is 5.97 Å². The minimum Gasteiger partial charge on any atom is -0.461 e. The number of aromatic nitrogens is 3. The fourth-order valence-electron chi connectivity index (χ4n) is 3.30. The predicted octanol–water partition coefficient (Wildman–Crippen LogP) is 2.54. The van der Waals surface area contributed by atoms with E-state index in [-0.39, 0.29) is 5.75 Å². The Bertz CT molecular complexity index is 881. The van der Waals surface area contributed by atoms with E-state index in [4.69, 9.17) is 9.15 Å². The lowest BCUT2D eigenvalue weighted by molar-refractivity contribution is -0.146. The maximum atomic E-state index is 12.1. The van der Waals surface area contributed by atoms with E-state index in [1.807, 2.05) is 11.5 Å². The molecule has 0 radical (unpaired) electrons. The van der Waals surface area contributed by atoms with Gasteiger partial charge in [-0.05, 0) is 31.9 Å². The first-order valence-corrected chi connectivity index (χ1v) is 10.5. The lowest BCUT2D eigenvalue weighted by atomic mass is 9.83. The van der Waals surface area contributed by atoms with Crippen molar-refractivity contribution in [1.82, 2.24) is 20.1 Å². The smallest absolute Gasteiger partial charge is 0.316 e. The summed E-state index contributed by atoms with van der Waals surface area (Å²) in [5.74, 6) is 0.183. The van der Waals surface area contributed by atoms with Crippen LogP contribution in [-0.4, -0.2) is 44.5 Å². The summed E-state index contributed by atoms with van der Waals surface area (Å²) < 4.78 is 12.2. The molecule has 0 unspecified atom stereocenters. The van der Waals surface area contributed by atoms with Crippen molar-refractivity contribution in [3.63, 3.8) is 0 Å². The Morgan fingerprint density at radius 3 is 2.83 bits per heavy atom. The van der Waals surface area contributed by atoms with E-state index in [1.165, 1.54) is 11.8 Å². The molecule has 0 aliphatic heterocycles. The van der Waals surface area contributed by atoms with E-state index in [9.17, 15) is 14.9 Å². The molecule has 1 saturated carbocycles. The topological polar surface area (TPSA) is 123 Å². The molecule has 3 rings (SSSR count). The van der Waals surface area contributed by atoms with Gasteiger partial charge in [-0.25, -0.2) is 0 Å². The highest BCUT2D eigenvalue weighted by Gasteiger charge is 2.33. The van der Waals surface area contributed by atoms with Crippen LogP contribution in [0.2, 0.25) is 0 Å². The average Bonchev–Trinajstić information content (AvgIpc) is 3.40. The molecule has 0 atom stereocenters. The van der Waals surface area contributed by atoms with Crippen molar-refractivity contribution in [2.24, 2.45) is 0 Å². The molecule has 2 heterocycles. The molecular weight excluding hydrogens is 394 g/mol. The van der Waals surface area contributed by atoms with Gasteiger partial charge in [0.15, 0.2) is 23.3 Å². The van der Waals surface area contributed by atoms with E-state index in [1.54, 1.807) is 18.4 Å². The number of furan rings is 1. The number of esters is 1. The molecule has 1 fully saturated rings. The number of amides is 1. The molecule has 9 nitrogen and oxygen atoms in total. The van der Waals surface area contributed by atoms with Crippen LogP contribution in [-0.2, 0) is 20.9 Å². The van der Waals surface area contributed by atoms with Crippen molar-refractivity contribution in [3.8, 4) is 17.7 Å². The predicted molar refractivity (Wildman–Crippen MR) is 105 cm³/mol. The summed E-state index contributed by atoms with van der Waals surface area (Å²) in [5, 5.41) is 20.9. The molecule has 29 heavy (non-hydrogen) atoms. The molecule has 1 aliphatic rings. The summed E-state index contributed by atoms with van der Waals surface area (Å²) in [5.41, 5.74) is -0.837. The van der Waals surface area contributed by atoms with Gasteiger partial charge in [0.1, 0.15) is 5.54 Å². The van der Waals surface area contributed by atoms with Crippen molar-refractivity contribution < 1.29 is 18.7 Å². The van der Waals surface area contributed by atoms with Crippen LogP contribution in [0.3, 0.4) is 0 Å². The number of carbonyl (C=O) groups excluding carboxylic acids is 2. The molecule has 10 heteroatoms. The lowest BCUT2D eigenvalue weighted by Gasteiger charge is -2.31. The van der Waals surface area contributed by atoms with E-state index < -0.39 is 24.0 Å². The number of carbonyl (C=O) groups is 2. The quantitative estimate of drug-likeness (QED) is 0.513. The summed E-state index contributed by atoms with van der Waals surface area (Å²) in [7, 11) is 0. The first-order chi connectivity index (χ1) is 14.1. The molecule has 0 bridgehead atoms. The third kappa shape index (κ3) is 5.17. The molecular formula is C19H23N5O4S. The molecule has 0 saturated heterocycles. The SMILES string of the molecule is CCn1c(SCC(=O)OCC(=O)NC2(C#N)CCCCC2)nnc1-c1ccco1. The Kier molecular flexibility index (Phi) is 6.93. The van der Waals surface area contributed by atoms with E-state index in [2.05, 4.69) is 21.6 Å². The monoisotopic (exact) mass is 417 g/mol. The van der Waals surface area contributed by atoms with Crippen LogP contribution in [0.5, 0.6) is 0 Å². The van der Waals surface area contributed by atoms with Crippen LogP contribution in [0.4, 0.5) is 0 Å². The summed E-state index contributed by atoms with van der Waals surface area (Å²) >= 11 is 1.18. The molecule has 1 N–H and O–H groups in total.